The quantitative estimate of drug-likeness (QED) is 0.0246. The maximum Gasteiger partial charge on any atom is 0.416 e. The monoisotopic (exact) mass is 1000 g/mol. The van der Waals surface area contributed by atoms with Crippen molar-refractivity contribution in [2.75, 3.05) is 83.3 Å². The molecule has 2 atom stereocenters. The van der Waals surface area contributed by atoms with Crippen molar-refractivity contribution < 1.29 is 65.6 Å². The van der Waals surface area contributed by atoms with Crippen molar-refractivity contribution in [2.24, 2.45) is 5.41 Å². The number of esters is 1. The summed E-state index contributed by atoms with van der Waals surface area (Å²) in [5.41, 5.74) is -0.0317. The van der Waals surface area contributed by atoms with Gasteiger partial charge >= 0.3 is 12.1 Å². The second-order valence-electron chi connectivity index (χ2n) is 17.1. The SMILES string of the molecule is CCC(C)(C)C(=O)C(=O)N1CCCC[C@H]1C(=O)O[C@H](CCc1ccc(OC)c(OC)c1)c1cccc(NC(=O)CCOCCOCCNC(=O)CCNC(=O)c2cc(NCCCl)cc(C(F)(F)F)c2)c1. The first-order chi connectivity index (χ1) is 33.4. The minimum Gasteiger partial charge on any atom is -0.493 e. The smallest absolute Gasteiger partial charge is 0.416 e. The molecule has 0 spiro atoms. The number of rotatable bonds is 28. The standard InChI is InChI=1S/C50H65ClF3N5O11/c1-6-49(2,3)45(62)47(64)59-23-8-7-12-39(59)48(65)70-40(15-13-33-14-16-41(66-4)42(28-33)67-5)34-10-9-11-37(30-34)58-44(61)18-24-68-26-27-69-25-22-56-43(60)17-20-57-46(63)35-29-36(50(52,53)54)32-38(31-35)55-21-19-51/h9-11,14,16,28-32,39-40,55H,6-8,12-13,15,17-27H2,1-5H3,(H,56,60)(H,57,63)(H,58,61)/t39-,40+/m0/s1. The summed E-state index contributed by atoms with van der Waals surface area (Å²) in [6.45, 7) is 6.38. The van der Waals surface area contributed by atoms with E-state index in [1.165, 1.54) is 11.0 Å². The Bertz CT molecular complexity index is 2250. The number of carbonyl (C=O) groups excluding carboxylic acids is 6. The molecule has 3 aromatic carbocycles. The molecule has 0 radical (unpaired) electrons. The Hall–Kier alpha value is -5.92. The van der Waals surface area contributed by atoms with Crippen LogP contribution in [0.4, 0.5) is 24.5 Å². The van der Waals surface area contributed by atoms with Gasteiger partial charge in [-0.1, -0.05) is 39.0 Å². The number of ether oxygens (including phenoxy) is 5. The number of carbonyl (C=O) groups is 6. The van der Waals surface area contributed by atoms with E-state index in [4.69, 9.17) is 35.3 Å². The van der Waals surface area contributed by atoms with Gasteiger partial charge in [-0.3, -0.25) is 24.0 Å². The molecule has 4 N–H and O–H groups in total. The number of halogens is 4. The van der Waals surface area contributed by atoms with Gasteiger partial charge in [0, 0.05) is 60.8 Å². The summed E-state index contributed by atoms with van der Waals surface area (Å²) < 4.78 is 68.2. The molecule has 1 aliphatic heterocycles. The minimum atomic E-state index is -4.67. The van der Waals surface area contributed by atoms with E-state index in [1.54, 1.807) is 58.4 Å². The van der Waals surface area contributed by atoms with E-state index in [0.29, 0.717) is 61.3 Å². The normalized spacial score (nSPS) is 14.2. The van der Waals surface area contributed by atoms with E-state index in [1.807, 2.05) is 19.1 Å². The molecular formula is C50H65ClF3N5O11. The topological polar surface area (TPSA) is 200 Å². The van der Waals surface area contributed by atoms with E-state index in [0.717, 1.165) is 17.7 Å². The third-order valence-corrected chi connectivity index (χ3v) is 11.9. The van der Waals surface area contributed by atoms with Crippen LogP contribution in [0.2, 0.25) is 0 Å². The molecule has 4 amide bonds. The number of hydrogen-bond donors (Lipinski definition) is 4. The van der Waals surface area contributed by atoms with Crippen LogP contribution >= 0.6 is 11.6 Å². The number of Topliss-reactive ketones (excluding diaryl/α,β-unsaturated/α-hetero) is 1. The van der Waals surface area contributed by atoms with Crippen molar-refractivity contribution in [2.45, 2.75) is 90.5 Å². The number of ketones is 1. The van der Waals surface area contributed by atoms with Crippen LogP contribution in [0.5, 0.6) is 11.5 Å². The highest BCUT2D eigenvalue weighted by atomic mass is 35.5. The third-order valence-electron chi connectivity index (χ3n) is 11.7. The maximum absolute atomic E-state index is 14.0. The lowest BCUT2D eigenvalue weighted by Crippen LogP contribution is -2.53. The number of anilines is 2. The molecule has 0 saturated carbocycles. The number of methoxy groups -OCH3 is 2. The van der Waals surface area contributed by atoms with Crippen LogP contribution < -0.4 is 30.7 Å². The molecule has 16 nitrogen and oxygen atoms in total. The van der Waals surface area contributed by atoms with E-state index >= 15 is 0 Å². The Morgan fingerprint density at radius 2 is 1.54 bits per heavy atom. The maximum atomic E-state index is 14.0. The summed E-state index contributed by atoms with van der Waals surface area (Å²) in [6, 6.07) is 14.5. The highest BCUT2D eigenvalue weighted by Gasteiger charge is 2.41. The number of hydrogen-bond acceptors (Lipinski definition) is 12. The fourth-order valence-corrected chi connectivity index (χ4v) is 7.43. The predicted octanol–water partition coefficient (Wildman–Crippen LogP) is 7.27. The highest BCUT2D eigenvalue weighted by Crippen LogP contribution is 2.34. The molecule has 3 aromatic rings. The lowest BCUT2D eigenvalue weighted by atomic mass is 9.84. The van der Waals surface area contributed by atoms with Gasteiger partial charge < -0.3 is 49.9 Å². The predicted molar refractivity (Wildman–Crippen MR) is 257 cm³/mol. The second-order valence-corrected chi connectivity index (χ2v) is 17.5. The Morgan fingerprint density at radius 1 is 0.800 bits per heavy atom. The fourth-order valence-electron chi connectivity index (χ4n) is 7.33. The van der Waals surface area contributed by atoms with Crippen molar-refractivity contribution in [1.82, 2.24) is 15.5 Å². The van der Waals surface area contributed by atoms with Crippen LogP contribution in [0.3, 0.4) is 0 Å². The summed E-state index contributed by atoms with van der Waals surface area (Å²) in [5, 5.41) is 10.7. The number of amides is 4. The van der Waals surface area contributed by atoms with Crippen LogP contribution in [0.15, 0.2) is 60.7 Å². The van der Waals surface area contributed by atoms with Gasteiger partial charge in [-0.2, -0.15) is 13.2 Å². The summed E-state index contributed by atoms with van der Waals surface area (Å²) >= 11 is 5.62. The van der Waals surface area contributed by atoms with Gasteiger partial charge in [-0.25, -0.2) is 4.79 Å². The van der Waals surface area contributed by atoms with Crippen LogP contribution in [0.1, 0.15) is 98.9 Å². The van der Waals surface area contributed by atoms with Gasteiger partial charge in [-0.15, -0.1) is 11.6 Å². The summed E-state index contributed by atoms with van der Waals surface area (Å²) in [6.07, 6.45) is -2.57. The molecule has 0 aliphatic carbocycles. The van der Waals surface area contributed by atoms with E-state index < -0.39 is 58.8 Å². The highest BCUT2D eigenvalue weighted by molar-refractivity contribution is 6.38. The van der Waals surface area contributed by atoms with Crippen molar-refractivity contribution in [3.05, 3.63) is 82.9 Å². The minimum absolute atomic E-state index is 0.0213. The number of aryl methyl sites for hydroxylation is 1. The number of nitrogens with one attached hydrogen (secondary N) is 4. The molecule has 1 heterocycles. The molecule has 70 heavy (non-hydrogen) atoms. The summed E-state index contributed by atoms with van der Waals surface area (Å²) in [7, 11) is 3.09. The van der Waals surface area contributed by atoms with Crippen LogP contribution in [-0.2, 0) is 50.8 Å². The van der Waals surface area contributed by atoms with Crippen molar-refractivity contribution in [3.63, 3.8) is 0 Å². The van der Waals surface area contributed by atoms with Gasteiger partial charge in [0.1, 0.15) is 12.1 Å². The number of benzene rings is 3. The molecule has 1 saturated heterocycles. The molecule has 384 valence electrons. The van der Waals surface area contributed by atoms with Gasteiger partial charge in [0.25, 0.3) is 11.8 Å². The van der Waals surface area contributed by atoms with E-state index in [9.17, 15) is 41.9 Å². The first kappa shape index (κ1) is 56.7. The van der Waals surface area contributed by atoms with Crippen molar-refractivity contribution in [3.8, 4) is 11.5 Å². The Kier molecular flexibility index (Phi) is 22.7. The first-order valence-corrected chi connectivity index (χ1v) is 23.8. The molecule has 1 fully saturated rings. The second kappa shape index (κ2) is 28.1. The average molecular weight is 1000 g/mol. The average Bonchev–Trinajstić information content (AvgIpc) is 3.35. The van der Waals surface area contributed by atoms with E-state index in [2.05, 4.69) is 21.3 Å². The van der Waals surface area contributed by atoms with Gasteiger partial charge in [0.15, 0.2) is 11.5 Å². The molecular weight excluding hydrogens is 939 g/mol. The van der Waals surface area contributed by atoms with Crippen molar-refractivity contribution >= 4 is 58.4 Å². The number of nitrogens with zero attached hydrogens (tertiary/aromatic N) is 1. The Labute approximate surface area is 412 Å². The number of piperidine rings is 1. The molecule has 1 aliphatic rings. The van der Waals surface area contributed by atoms with Gasteiger partial charge in [-0.05, 0) is 92.1 Å². The van der Waals surface area contributed by atoms with Crippen LogP contribution in [0, 0.1) is 5.41 Å². The zero-order valence-corrected chi connectivity index (χ0v) is 41.2. The van der Waals surface area contributed by atoms with Crippen molar-refractivity contribution in [1.29, 1.82) is 0 Å². The molecule has 4 rings (SSSR count). The summed E-state index contributed by atoms with van der Waals surface area (Å²) in [5.74, 6) is -2.08. The zero-order valence-electron chi connectivity index (χ0n) is 40.4. The molecule has 0 unspecified atom stereocenters. The van der Waals surface area contributed by atoms with Crippen LogP contribution in [0.25, 0.3) is 0 Å². The molecule has 0 aromatic heterocycles. The Morgan fingerprint density at radius 3 is 2.24 bits per heavy atom. The van der Waals surface area contributed by atoms with Gasteiger partial charge in [0.2, 0.25) is 17.6 Å². The number of alkyl halides is 4. The Balaban J connectivity index is 1.23. The molecule has 20 heteroatoms. The zero-order chi connectivity index (χ0) is 51.3. The fraction of sp³-hybridized carbons (Fsp3) is 0.520. The molecule has 0 bridgehead atoms. The largest absolute Gasteiger partial charge is 0.493 e. The van der Waals surface area contributed by atoms with Crippen LogP contribution in [-0.4, -0.2) is 119 Å². The van der Waals surface area contributed by atoms with E-state index in [-0.39, 0.29) is 88.5 Å². The third kappa shape index (κ3) is 17.8. The lowest BCUT2D eigenvalue weighted by molar-refractivity contribution is -0.164. The van der Waals surface area contributed by atoms with Gasteiger partial charge in [0.05, 0.1) is 52.6 Å². The number of likely N-dealkylation sites (tertiary alicyclic amines) is 1. The first-order valence-electron chi connectivity index (χ1n) is 23.3. The summed E-state index contributed by atoms with van der Waals surface area (Å²) in [4.78, 5) is 79.8. The lowest BCUT2D eigenvalue weighted by Gasteiger charge is -2.36.